The molecule has 1 saturated heterocycles. The third-order valence-electron chi connectivity index (χ3n) is 4.15. The van der Waals surface area contributed by atoms with Crippen molar-refractivity contribution in [3.05, 3.63) is 55.8 Å². The van der Waals surface area contributed by atoms with Crippen LogP contribution in [0.4, 0.5) is 5.69 Å². The molecule has 0 unspecified atom stereocenters. The number of anilines is 1. The number of nitrogens with one attached hydrogen (secondary N) is 1. The van der Waals surface area contributed by atoms with Crippen molar-refractivity contribution in [1.82, 2.24) is 4.90 Å². The summed E-state index contributed by atoms with van der Waals surface area (Å²) in [6.07, 6.45) is 1.68. The number of thioether (sulfide) groups is 1. The molecule has 2 aromatic rings. The van der Waals surface area contributed by atoms with Gasteiger partial charge in [0, 0.05) is 28.7 Å². The molecule has 1 fully saturated rings. The van der Waals surface area contributed by atoms with Gasteiger partial charge >= 0.3 is 0 Å². The van der Waals surface area contributed by atoms with Gasteiger partial charge in [-0.3, -0.25) is 14.5 Å². The van der Waals surface area contributed by atoms with Gasteiger partial charge in [0.05, 0.1) is 16.5 Å². The van der Waals surface area contributed by atoms with Gasteiger partial charge in [0.15, 0.2) is 0 Å². The van der Waals surface area contributed by atoms with Gasteiger partial charge in [-0.1, -0.05) is 39.9 Å². The van der Waals surface area contributed by atoms with Crippen LogP contribution in [-0.2, 0) is 9.59 Å². The standard InChI is InChI=1S/C20H16Br2N2O4S2/c1-28-14-4-2-13(3-5-14)23-17(25)6-7-24-19(27)16(30-20(24)29)9-11-8-12(21)10-15(22)18(11)26/h2-5,8-10,26H,6-7H2,1H3,(H,23,25)/b16-9-. The van der Waals surface area contributed by atoms with Crippen molar-refractivity contribution in [3.63, 3.8) is 0 Å². The molecule has 0 saturated carbocycles. The molecule has 3 rings (SSSR count). The van der Waals surface area contributed by atoms with Gasteiger partial charge in [-0.2, -0.15) is 0 Å². The van der Waals surface area contributed by atoms with Crippen molar-refractivity contribution in [3.8, 4) is 11.5 Å². The molecule has 0 atom stereocenters. The third kappa shape index (κ3) is 5.42. The number of carbonyl (C=O) groups is 2. The number of ether oxygens (including phenoxy) is 1. The molecule has 10 heteroatoms. The zero-order valence-electron chi connectivity index (χ0n) is 15.6. The van der Waals surface area contributed by atoms with E-state index >= 15 is 0 Å². The monoisotopic (exact) mass is 570 g/mol. The third-order valence-corrected chi connectivity index (χ3v) is 6.59. The van der Waals surface area contributed by atoms with E-state index in [-0.39, 0.29) is 30.5 Å². The number of carbonyl (C=O) groups excluding carboxylic acids is 2. The Labute approximate surface area is 199 Å². The van der Waals surface area contributed by atoms with E-state index in [0.29, 0.717) is 30.7 Å². The maximum absolute atomic E-state index is 12.7. The normalized spacial score (nSPS) is 15.0. The Bertz CT molecular complexity index is 1040. The number of nitrogens with zero attached hydrogens (tertiary/aromatic N) is 1. The van der Waals surface area contributed by atoms with Crippen LogP contribution in [0.5, 0.6) is 11.5 Å². The Morgan fingerprint density at radius 1 is 1.30 bits per heavy atom. The molecule has 1 heterocycles. The highest BCUT2D eigenvalue weighted by atomic mass is 79.9. The number of methoxy groups -OCH3 is 1. The van der Waals surface area contributed by atoms with E-state index in [2.05, 4.69) is 37.2 Å². The summed E-state index contributed by atoms with van der Waals surface area (Å²) in [7, 11) is 1.57. The van der Waals surface area contributed by atoms with Gasteiger partial charge in [0.1, 0.15) is 15.8 Å². The van der Waals surface area contributed by atoms with Crippen LogP contribution in [0.1, 0.15) is 12.0 Å². The van der Waals surface area contributed by atoms with Gasteiger partial charge in [0.2, 0.25) is 5.91 Å². The molecule has 6 nitrogen and oxygen atoms in total. The Morgan fingerprint density at radius 3 is 2.67 bits per heavy atom. The Hall–Kier alpha value is -1.88. The molecular formula is C20H16Br2N2O4S2. The highest BCUT2D eigenvalue weighted by Gasteiger charge is 2.32. The number of aromatic hydroxyl groups is 1. The molecule has 0 bridgehead atoms. The Morgan fingerprint density at radius 2 is 2.00 bits per heavy atom. The summed E-state index contributed by atoms with van der Waals surface area (Å²) in [4.78, 5) is 26.8. The maximum Gasteiger partial charge on any atom is 0.266 e. The van der Waals surface area contributed by atoms with E-state index in [9.17, 15) is 14.7 Å². The fraction of sp³-hybridized carbons (Fsp3) is 0.150. The lowest BCUT2D eigenvalue weighted by Gasteiger charge is -2.14. The predicted molar refractivity (Wildman–Crippen MR) is 130 cm³/mol. The first-order valence-corrected chi connectivity index (χ1v) is 11.5. The largest absolute Gasteiger partial charge is 0.506 e. The molecule has 0 aliphatic carbocycles. The number of amides is 2. The average molecular weight is 572 g/mol. The number of rotatable bonds is 6. The minimum Gasteiger partial charge on any atom is -0.506 e. The smallest absolute Gasteiger partial charge is 0.266 e. The molecule has 2 aromatic carbocycles. The van der Waals surface area contributed by atoms with Crippen LogP contribution >= 0.6 is 55.8 Å². The second-order valence-corrected chi connectivity index (χ2v) is 9.63. The first-order chi connectivity index (χ1) is 14.3. The fourth-order valence-corrected chi connectivity index (χ4v) is 5.20. The second-order valence-electron chi connectivity index (χ2n) is 6.19. The van der Waals surface area contributed by atoms with Gasteiger partial charge in [0.25, 0.3) is 5.91 Å². The molecule has 1 aliphatic heterocycles. The molecular weight excluding hydrogens is 556 g/mol. The number of thiocarbonyl (C=S) groups is 1. The van der Waals surface area contributed by atoms with Gasteiger partial charge < -0.3 is 15.2 Å². The molecule has 156 valence electrons. The van der Waals surface area contributed by atoms with Crippen LogP contribution in [0.3, 0.4) is 0 Å². The average Bonchev–Trinajstić information content (AvgIpc) is 2.97. The van der Waals surface area contributed by atoms with Gasteiger partial charge in [-0.25, -0.2) is 0 Å². The van der Waals surface area contributed by atoms with Gasteiger partial charge in [-0.15, -0.1) is 0 Å². The molecule has 30 heavy (non-hydrogen) atoms. The van der Waals surface area contributed by atoms with Crippen LogP contribution in [0.15, 0.2) is 50.2 Å². The minimum absolute atomic E-state index is 0.0299. The lowest BCUT2D eigenvalue weighted by Crippen LogP contribution is -2.31. The van der Waals surface area contributed by atoms with Crippen LogP contribution in [0.25, 0.3) is 6.08 Å². The van der Waals surface area contributed by atoms with E-state index in [1.54, 1.807) is 49.6 Å². The summed E-state index contributed by atoms with van der Waals surface area (Å²) >= 11 is 13.1. The SMILES string of the molecule is COc1ccc(NC(=O)CCN2C(=O)/C(=C/c3cc(Br)cc(Br)c3O)SC2=S)cc1. The number of halogens is 2. The summed E-state index contributed by atoms with van der Waals surface area (Å²) in [5, 5.41) is 13.0. The number of phenols is 1. The highest BCUT2D eigenvalue weighted by molar-refractivity contribution is 9.11. The van der Waals surface area contributed by atoms with Crippen molar-refractivity contribution in [2.75, 3.05) is 19.0 Å². The summed E-state index contributed by atoms with van der Waals surface area (Å²) in [6, 6.07) is 10.4. The van der Waals surface area contributed by atoms with E-state index in [0.717, 1.165) is 16.2 Å². The number of hydrogen-bond donors (Lipinski definition) is 2. The van der Waals surface area contributed by atoms with Crippen molar-refractivity contribution in [1.29, 1.82) is 0 Å². The van der Waals surface area contributed by atoms with E-state index in [4.69, 9.17) is 17.0 Å². The van der Waals surface area contributed by atoms with Crippen LogP contribution in [0.2, 0.25) is 0 Å². The lowest BCUT2D eigenvalue weighted by molar-refractivity contribution is -0.122. The summed E-state index contributed by atoms with van der Waals surface area (Å²) in [5.41, 5.74) is 1.12. The lowest BCUT2D eigenvalue weighted by atomic mass is 10.2. The van der Waals surface area contributed by atoms with Crippen molar-refractivity contribution >= 4 is 83.7 Å². The fourth-order valence-electron chi connectivity index (χ4n) is 2.64. The van der Waals surface area contributed by atoms with Crippen molar-refractivity contribution in [2.45, 2.75) is 6.42 Å². The van der Waals surface area contributed by atoms with E-state index < -0.39 is 0 Å². The zero-order chi connectivity index (χ0) is 21.8. The van der Waals surface area contributed by atoms with Crippen molar-refractivity contribution < 1.29 is 19.4 Å². The zero-order valence-corrected chi connectivity index (χ0v) is 20.5. The van der Waals surface area contributed by atoms with E-state index in [1.807, 2.05) is 0 Å². The number of benzene rings is 2. The quantitative estimate of drug-likeness (QED) is 0.368. The maximum atomic E-state index is 12.7. The molecule has 1 aliphatic rings. The predicted octanol–water partition coefficient (Wildman–Crippen LogP) is 5.16. The molecule has 0 spiro atoms. The van der Waals surface area contributed by atoms with Crippen LogP contribution < -0.4 is 10.1 Å². The number of hydrogen-bond acceptors (Lipinski definition) is 6. The van der Waals surface area contributed by atoms with E-state index in [1.165, 1.54) is 4.90 Å². The molecule has 0 aromatic heterocycles. The van der Waals surface area contributed by atoms with Crippen LogP contribution in [-0.4, -0.2) is 39.8 Å². The minimum atomic E-state index is -0.294. The summed E-state index contributed by atoms with van der Waals surface area (Å²) in [6.45, 7) is 0.165. The first kappa shape index (κ1) is 22.8. The Balaban J connectivity index is 1.64. The van der Waals surface area contributed by atoms with Crippen molar-refractivity contribution in [2.24, 2.45) is 0 Å². The molecule has 2 N–H and O–H groups in total. The summed E-state index contributed by atoms with van der Waals surface area (Å²) < 4.78 is 6.72. The topological polar surface area (TPSA) is 78.9 Å². The van der Waals surface area contributed by atoms with Crippen LogP contribution in [0, 0.1) is 0 Å². The second kappa shape index (κ2) is 9.95. The number of phenolic OH excluding ortho intramolecular Hbond substituents is 1. The van der Waals surface area contributed by atoms with Gasteiger partial charge in [-0.05, 0) is 58.4 Å². The Kier molecular flexibility index (Phi) is 7.56. The molecule has 2 amide bonds. The first-order valence-electron chi connectivity index (χ1n) is 8.65. The highest BCUT2D eigenvalue weighted by Crippen LogP contribution is 2.37. The molecule has 0 radical (unpaired) electrons. The summed E-state index contributed by atoms with van der Waals surface area (Å²) in [5.74, 6) is 0.202.